The summed E-state index contributed by atoms with van der Waals surface area (Å²) in [4.78, 5) is 0. The molecule has 3 aliphatic carbocycles. The van der Waals surface area contributed by atoms with Crippen LogP contribution in [0.5, 0.6) is 0 Å². The third kappa shape index (κ3) is 1.79. The first-order valence-corrected chi connectivity index (χ1v) is 10.3. The maximum absolute atomic E-state index is 4.08. The van der Waals surface area contributed by atoms with E-state index in [0.29, 0.717) is 0 Å². The number of nitrogens with one attached hydrogen (secondary N) is 1. The fourth-order valence-electron chi connectivity index (χ4n) is 6.72. The summed E-state index contributed by atoms with van der Waals surface area (Å²) in [5.74, 6) is 4.32. The summed E-state index contributed by atoms with van der Waals surface area (Å²) < 4.78 is 0. The van der Waals surface area contributed by atoms with E-state index >= 15 is 0 Å². The number of hydrogen-bond donors (Lipinski definition) is 1. The van der Waals surface area contributed by atoms with Gasteiger partial charge in [-0.1, -0.05) is 25.7 Å². The molecule has 0 aromatic rings. The molecule has 2 heteroatoms. The summed E-state index contributed by atoms with van der Waals surface area (Å²) in [6, 6.07) is 1.80. The van der Waals surface area contributed by atoms with E-state index < -0.39 is 0 Å². The number of thioether (sulfide) groups is 1. The summed E-state index contributed by atoms with van der Waals surface area (Å²) in [5, 5.41) is 6.18. The normalized spacial score (nSPS) is 57.6. The molecule has 1 nitrogen and oxygen atoms in total. The Balaban J connectivity index is 1.43. The third-order valence-electron chi connectivity index (χ3n) is 7.45. The zero-order valence-electron chi connectivity index (χ0n) is 12.6. The highest BCUT2D eigenvalue weighted by Crippen LogP contribution is 2.60. The molecular formula is C18H29NS. The fraction of sp³-hybridized carbons (Fsp3) is 1.00. The molecule has 0 spiro atoms. The number of fused-ring (bicyclic) bond motifs is 7. The van der Waals surface area contributed by atoms with Crippen molar-refractivity contribution in [2.75, 3.05) is 0 Å². The minimum Gasteiger partial charge on any atom is -0.311 e. The third-order valence-corrected chi connectivity index (χ3v) is 9.37. The van der Waals surface area contributed by atoms with Crippen LogP contribution in [0.25, 0.3) is 0 Å². The molecule has 0 radical (unpaired) electrons. The van der Waals surface area contributed by atoms with E-state index in [1.165, 1.54) is 44.9 Å². The Morgan fingerprint density at radius 3 is 2.40 bits per heavy atom. The quantitative estimate of drug-likeness (QED) is 0.717. The van der Waals surface area contributed by atoms with Gasteiger partial charge >= 0.3 is 0 Å². The summed E-state index contributed by atoms with van der Waals surface area (Å²) in [6.45, 7) is 0. The monoisotopic (exact) mass is 291 g/mol. The van der Waals surface area contributed by atoms with Gasteiger partial charge in [0.15, 0.2) is 0 Å². The Labute approximate surface area is 128 Å². The van der Waals surface area contributed by atoms with Gasteiger partial charge in [-0.15, -0.1) is 0 Å². The van der Waals surface area contributed by atoms with Crippen molar-refractivity contribution < 1.29 is 0 Å². The first-order chi connectivity index (χ1) is 9.92. The van der Waals surface area contributed by atoms with Crippen molar-refractivity contribution in [2.45, 2.75) is 86.8 Å². The van der Waals surface area contributed by atoms with Crippen LogP contribution in [0.2, 0.25) is 0 Å². The topological polar surface area (TPSA) is 12.0 Å². The SMILES string of the molecule is C1CCC2C(C1)NC1CCC3C4CCCCC4SC3C12. The van der Waals surface area contributed by atoms with Crippen LogP contribution in [-0.2, 0) is 0 Å². The first kappa shape index (κ1) is 12.8. The Kier molecular flexibility index (Phi) is 3.15. The van der Waals surface area contributed by atoms with Crippen LogP contribution in [0, 0.1) is 23.7 Å². The van der Waals surface area contributed by atoms with Gasteiger partial charge in [0.2, 0.25) is 0 Å². The van der Waals surface area contributed by atoms with Crippen molar-refractivity contribution >= 4 is 11.8 Å². The lowest BCUT2D eigenvalue weighted by atomic mass is 9.65. The highest BCUT2D eigenvalue weighted by Gasteiger charge is 2.56. The lowest BCUT2D eigenvalue weighted by Gasteiger charge is -2.40. The minimum absolute atomic E-state index is 0.900. The van der Waals surface area contributed by atoms with E-state index in [9.17, 15) is 0 Å². The summed E-state index contributed by atoms with van der Waals surface area (Å²) >= 11 is 2.47. The molecule has 20 heavy (non-hydrogen) atoms. The molecule has 2 aliphatic heterocycles. The van der Waals surface area contributed by atoms with Gasteiger partial charge < -0.3 is 5.32 Å². The van der Waals surface area contributed by atoms with Gasteiger partial charge in [0.25, 0.3) is 0 Å². The summed E-state index contributed by atoms with van der Waals surface area (Å²) in [7, 11) is 0. The molecule has 3 saturated carbocycles. The highest BCUT2D eigenvalue weighted by molar-refractivity contribution is 8.00. The van der Waals surface area contributed by atoms with Crippen LogP contribution in [-0.4, -0.2) is 22.6 Å². The average molecular weight is 292 g/mol. The summed E-state index contributed by atoms with van der Waals surface area (Å²) in [6.07, 6.45) is 15.2. The second-order valence-electron chi connectivity index (χ2n) is 8.23. The molecule has 5 fully saturated rings. The molecule has 0 bridgehead atoms. The van der Waals surface area contributed by atoms with Crippen molar-refractivity contribution in [1.82, 2.24) is 5.32 Å². The minimum atomic E-state index is 0.900. The van der Waals surface area contributed by atoms with E-state index in [1.807, 2.05) is 0 Å². The molecule has 1 N–H and O–H groups in total. The van der Waals surface area contributed by atoms with Crippen molar-refractivity contribution in [3.8, 4) is 0 Å². The van der Waals surface area contributed by atoms with Gasteiger partial charge in [0.1, 0.15) is 0 Å². The lowest BCUT2D eigenvalue weighted by Crippen LogP contribution is -2.42. The van der Waals surface area contributed by atoms with Crippen LogP contribution in [0.4, 0.5) is 0 Å². The summed E-state index contributed by atoms with van der Waals surface area (Å²) in [5.41, 5.74) is 0. The van der Waals surface area contributed by atoms with Crippen molar-refractivity contribution in [3.05, 3.63) is 0 Å². The van der Waals surface area contributed by atoms with Crippen molar-refractivity contribution in [3.63, 3.8) is 0 Å². The van der Waals surface area contributed by atoms with Crippen molar-refractivity contribution in [1.29, 1.82) is 0 Å². The second-order valence-corrected chi connectivity index (χ2v) is 9.66. The molecule has 0 aromatic carbocycles. The Bertz CT molecular complexity index is 384. The molecule has 2 saturated heterocycles. The van der Waals surface area contributed by atoms with Crippen LogP contribution in [0.15, 0.2) is 0 Å². The van der Waals surface area contributed by atoms with Gasteiger partial charge in [0, 0.05) is 22.6 Å². The van der Waals surface area contributed by atoms with Crippen LogP contribution in [0.1, 0.15) is 64.2 Å². The molecule has 5 aliphatic rings. The maximum Gasteiger partial charge on any atom is 0.0128 e. The van der Waals surface area contributed by atoms with Gasteiger partial charge in [-0.2, -0.15) is 11.8 Å². The van der Waals surface area contributed by atoms with Crippen LogP contribution in [0.3, 0.4) is 0 Å². The van der Waals surface area contributed by atoms with E-state index in [-0.39, 0.29) is 0 Å². The molecular weight excluding hydrogens is 262 g/mol. The Morgan fingerprint density at radius 2 is 1.45 bits per heavy atom. The molecule has 112 valence electrons. The fourth-order valence-corrected chi connectivity index (χ4v) is 9.08. The van der Waals surface area contributed by atoms with E-state index in [2.05, 4.69) is 17.1 Å². The zero-order valence-corrected chi connectivity index (χ0v) is 13.4. The zero-order chi connectivity index (χ0) is 13.1. The van der Waals surface area contributed by atoms with E-state index in [0.717, 1.165) is 46.3 Å². The first-order valence-electron chi connectivity index (χ1n) is 9.33. The largest absolute Gasteiger partial charge is 0.311 e. The predicted molar refractivity (Wildman–Crippen MR) is 86.0 cm³/mol. The van der Waals surface area contributed by atoms with Crippen molar-refractivity contribution in [2.24, 2.45) is 23.7 Å². The lowest BCUT2D eigenvalue weighted by molar-refractivity contribution is 0.155. The molecule has 0 aromatic heterocycles. The van der Waals surface area contributed by atoms with Gasteiger partial charge in [-0.25, -0.2) is 0 Å². The van der Waals surface area contributed by atoms with E-state index in [1.54, 1.807) is 19.3 Å². The second kappa shape index (κ2) is 4.91. The predicted octanol–water partition coefficient (Wildman–Crippen LogP) is 4.22. The molecule has 0 amide bonds. The average Bonchev–Trinajstić information content (AvgIpc) is 3.04. The highest BCUT2D eigenvalue weighted by atomic mass is 32.2. The van der Waals surface area contributed by atoms with Crippen LogP contribution >= 0.6 is 11.8 Å². The maximum atomic E-state index is 4.08. The van der Waals surface area contributed by atoms with Gasteiger partial charge in [-0.05, 0) is 62.2 Å². The molecule has 8 atom stereocenters. The Morgan fingerprint density at radius 1 is 0.650 bits per heavy atom. The molecule has 5 rings (SSSR count). The van der Waals surface area contributed by atoms with E-state index in [4.69, 9.17) is 0 Å². The number of rotatable bonds is 0. The van der Waals surface area contributed by atoms with Gasteiger partial charge in [-0.3, -0.25) is 0 Å². The molecule has 2 heterocycles. The standard InChI is InChI=1S/C18H29NS/c1-3-7-14-13(6-1)17-15(19-14)10-9-12-11-5-2-4-8-16(11)20-18(12)17/h11-19H,1-10H2. The Hall–Kier alpha value is 0.310. The van der Waals surface area contributed by atoms with Crippen LogP contribution < -0.4 is 5.32 Å². The smallest absolute Gasteiger partial charge is 0.0128 e. The molecule has 8 unspecified atom stereocenters. The number of hydrogen-bond acceptors (Lipinski definition) is 2. The van der Waals surface area contributed by atoms with Gasteiger partial charge in [0.05, 0.1) is 0 Å².